The molecule has 19 heavy (non-hydrogen) atoms. The second-order valence-corrected chi connectivity index (χ2v) is 4.92. The van der Waals surface area contributed by atoms with Crippen molar-refractivity contribution in [3.05, 3.63) is 17.8 Å². The Balaban J connectivity index is 1.84. The van der Waals surface area contributed by atoms with Crippen molar-refractivity contribution < 1.29 is 0 Å². The minimum Gasteiger partial charge on any atom is -0.395 e. The summed E-state index contributed by atoms with van der Waals surface area (Å²) in [5.74, 6) is 0.619. The van der Waals surface area contributed by atoms with Gasteiger partial charge < -0.3 is 16.0 Å². The van der Waals surface area contributed by atoms with E-state index < -0.39 is 0 Å². The van der Waals surface area contributed by atoms with Crippen LogP contribution in [0.5, 0.6) is 0 Å². The Morgan fingerprint density at radius 2 is 2.05 bits per heavy atom. The molecule has 1 aliphatic heterocycles. The van der Waals surface area contributed by atoms with Crippen molar-refractivity contribution in [3.8, 4) is 6.07 Å². The van der Waals surface area contributed by atoms with Gasteiger partial charge in [-0.2, -0.15) is 5.26 Å². The lowest BCUT2D eigenvalue weighted by Gasteiger charge is -2.20. The Labute approximate surface area is 114 Å². The van der Waals surface area contributed by atoms with Gasteiger partial charge in [0.1, 0.15) is 6.07 Å². The van der Waals surface area contributed by atoms with E-state index in [4.69, 9.17) is 11.0 Å². The van der Waals surface area contributed by atoms with Crippen molar-refractivity contribution in [3.63, 3.8) is 0 Å². The van der Waals surface area contributed by atoms with Gasteiger partial charge in [-0.1, -0.05) is 12.8 Å². The highest BCUT2D eigenvalue weighted by molar-refractivity contribution is 5.68. The molecule has 1 aromatic rings. The molecule has 0 amide bonds. The Morgan fingerprint density at radius 1 is 1.32 bits per heavy atom. The molecular weight excluding hydrogens is 238 g/mol. The standard InChI is InChI=1S/C14H21N5/c15-11-12-5-6-17-14(13(12)16)18-7-10-19-8-3-1-2-4-9-19/h5-6H,1-4,7-10,16H2,(H,17,18). The van der Waals surface area contributed by atoms with Crippen LogP contribution in [0.3, 0.4) is 0 Å². The van der Waals surface area contributed by atoms with Crippen LogP contribution in [0.15, 0.2) is 12.3 Å². The Morgan fingerprint density at radius 3 is 2.74 bits per heavy atom. The van der Waals surface area contributed by atoms with E-state index in [-0.39, 0.29) is 0 Å². The van der Waals surface area contributed by atoms with E-state index in [0.717, 1.165) is 13.1 Å². The van der Waals surface area contributed by atoms with Crippen molar-refractivity contribution >= 4 is 11.5 Å². The van der Waals surface area contributed by atoms with Crippen LogP contribution in [0.25, 0.3) is 0 Å². The van der Waals surface area contributed by atoms with Gasteiger partial charge in [-0.05, 0) is 32.0 Å². The Bertz CT molecular complexity index is 444. The molecule has 2 rings (SSSR count). The molecule has 1 saturated heterocycles. The number of nitrogens with two attached hydrogens (primary N) is 1. The highest BCUT2D eigenvalue weighted by Gasteiger charge is 2.09. The monoisotopic (exact) mass is 259 g/mol. The van der Waals surface area contributed by atoms with Gasteiger partial charge in [-0.3, -0.25) is 0 Å². The number of anilines is 2. The maximum absolute atomic E-state index is 8.91. The van der Waals surface area contributed by atoms with Crippen molar-refractivity contribution in [2.24, 2.45) is 0 Å². The van der Waals surface area contributed by atoms with Crippen LogP contribution in [-0.2, 0) is 0 Å². The maximum atomic E-state index is 8.91. The Hall–Kier alpha value is -1.80. The van der Waals surface area contributed by atoms with Gasteiger partial charge in [0.15, 0.2) is 5.82 Å². The molecule has 0 aliphatic carbocycles. The molecule has 5 nitrogen and oxygen atoms in total. The summed E-state index contributed by atoms with van der Waals surface area (Å²) in [7, 11) is 0. The average molecular weight is 259 g/mol. The van der Waals surface area contributed by atoms with E-state index in [0.29, 0.717) is 17.1 Å². The first-order valence-corrected chi connectivity index (χ1v) is 6.92. The van der Waals surface area contributed by atoms with Crippen LogP contribution in [0.1, 0.15) is 31.2 Å². The molecule has 0 atom stereocenters. The minimum absolute atomic E-state index is 0.445. The molecule has 0 spiro atoms. The maximum Gasteiger partial charge on any atom is 0.150 e. The van der Waals surface area contributed by atoms with Crippen LogP contribution in [0.4, 0.5) is 11.5 Å². The van der Waals surface area contributed by atoms with Crippen LogP contribution in [0.2, 0.25) is 0 Å². The number of nitrogen functional groups attached to an aromatic ring is 1. The molecule has 102 valence electrons. The zero-order valence-corrected chi connectivity index (χ0v) is 11.2. The highest BCUT2D eigenvalue weighted by Crippen LogP contribution is 2.18. The number of nitriles is 1. The molecule has 0 unspecified atom stereocenters. The number of rotatable bonds is 4. The van der Waals surface area contributed by atoms with E-state index in [1.165, 1.54) is 38.8 Å². The number of nitrogens with zero attached hydrogens (tertiary/aromatic N) is 3. The lowest BCUT2D eigenvalue weighted by Crippen LogP contribution is -2.30. The molecule has 1 fully saturated rings. The number of aromatic nitrogens is 1. The summed E-state index contributed by atoms with van der Waals surface area (Å²) in [6.45, 7) is 4.18. The third-order valence-corrected chi connectivity index (χ3v) is 3.53. The predicted molar refractivity (Wildman–Crippen MR) is 76.8 cm³/mol. The van der Waals surface area contributed by atoms with E-state index >= 15 is 0 Å². The molecule has 1 aliphatic rings. The normalized spacial score (nSPS) is 16.6. The minimum atomic E-state index is 0.445. The second kappa shape index (κ2) is 6.95. The van der Waals surface area contributed by atoms with Crippen LogP contribution < -0.4 is 11.1 Å². The molecule has 0 bridgehead atoms. The van der Waals surface area contributed by atoms with Gasteiger partial charge in [-0.25, -0.2) is 4.98 Å². The van der Waals surface area contributed by atoms with Crippen LogP contribution in [0, 0.1) is 11.3 Å². The lowest BCUT2D eigenvalue weighted by atomic mass is 10.2. The number of pyridine rings is 1. The van der Waals surface area contributed by atoms with Crippen molar-refractivity contribution in [1.29, 1.82) is 5.26 Å². The summed E-state index contributed by atoms with van der Waals surface area (Å²) in [4.78, 5) is 6.66. The van der Waals surface area contributed by atoms with Gasteiger partial charge in [0.05, 0.1) is 11.3 Å². The first-order valence-electron chi connectivity index (χ1n) is 6.92. The van der Waals surface area contributed by atoms with Gasteiger partial charge in [0.2, 0.25) is 0 Å². The van der Waals surface area contributed by atoms with E-state index in [2.05, 4.69) is 21.3 Å². The molecule has 0 aromatic carbocycles. The summed E-state index contributed by atoms with van der Waals surface area (Å²) in [5.41, 5.74) is 6.80. The highest BCUT2D eigenvalue weighted by atomic mass is 15.1. The molecule has 3 N–H and O–H groups in total. The third kappa shape index (κ3) is 3.83. The van der Waals surface area contributed by atoms with E-state index in [9.17, 15) is 0 Å². The smallest absolute Gasteiger partial charge is 0.150 e. The van der Waals surface area contributed by atoms with Crippen molar-refractivity contribution in [1.82, 2.24) is 9.88 Å². The summed E-state index contributed by atoms with van der Waals surface area (Å²) in [6.07, 6.45) is 6.91. The summed E-state index contributed by atoms with van der Waals surface area (Å²) in [6, 6.07) is 3.70. The summed E-state index contributed by atoms with van der Waals surface area (Å²) in [5, 5.41) is 12.1. The van der Waals surface area contributed by atoms with Gasteiger partial charge in [0, 0.05) is 19.3 Å². The first kappa shape index (κ1) is 13.6. The van der Waals surface area contributed by atoms with Crippen LogP contribution >= 0.6 is 0 Å². The molecule has 5 heteroatoms. The summed E-state index contributed by atoms with van der Waals surface area (Å²) >= 11 is 0. The van der Waals surface area contributed by atoms with E-state index in [1.807, 2.05) is 0 Å². The fraction of sp³-hybridized carbons (Fsp3) is 0.571. The SMILES string of the molecule is N#Cc1ccnc(NCCN2CCCCCC2)c1N. The Kier molecular flexibility index (Phi) is 4.99. The summed E-state index contributed by atoms with van der Waals surface area (Å²) < 4.78 is 0. The second-order valence-electron chi connectivity index (χ2n) is 4.92. The zero-order chi connectivity index (χ0) is 13.5. The number of nitrogens with one attached hydrogen (secondary N) is 1. The van der Waals surface area contributed by atoms with Crippen molar-refractivity contribution in [2.45, 2.75) is 25.7 Å². The van der Waals surface area contributed by atoms with Crippen LogP contribution in [-0.4, -0.2) is 36.1 Å². The number of likely N-dealkylation sites (tertiary alicyclic amines) is 1. The molecule has 0 radical (unpaired) electrons. The molecule has 2 heterocycles. The number of hydrogen-bond donors (Lipinski definition) is 2. The fourth-order valence-corrected chi connectivity index (χ4v) is 2.40. The van der Waals surface area contributed by atoms with Gasteiger partial charge in [0.25, 0.3) is 0 Å². The predicted octanol–water partition coefficient (Wildman–Crippen LogP) is 1.82. The molecule has 1 aromatic heterocycles. The first-order chi connectivity index (χ1) is 9.31. The quantitative estimate of drug-likeness (QED) is 0.862. The third-order valence-electron chi connectivity index (χ3n) is 3.53. The molecule has 0 saturated carbocycles. The van der Waals surface area contributed by atoms with E-state index in [1.54, 1.807) is 12.3 Å². The largest absolute Gasteiger partial charge is 0.395 e. The average Bonchev–Trinajstić information content (AvgIpc) is 2.69. The fourth-order valence-electron chi connectivity index (χ4n) is 2.40. The van der Waals surface area contributed by atoms with Gasteiger partial charge >= 0.3 is 0 Å². The van der Waals surface area contributed by atoms with Crippen molar-refractivity contribution in [2.75, 3.05) is 37.2 Å². The zero-order valence-electron chi connectivity index (χ0n) is 11.2. The number of hydrogen-bond acceptors (Lipinski definition) is 5. The molecular formula is C14H21N5. The lowest BCUT2D eigenvalue weighted by molar-refractivity contribution is 0.296. The topological polar surface area (TPSA) is 78.0 Å². The van der Waals surface area contributed by atoms with Gasteiger partial charge in [-0.15, -0.1) is 0 Å².